The van der Waals surface area contributed by atoms with Crippen LogP contribution in [0.15, 0.2) is 36.7 Å². The van der Waals surface area contributed by atoms with Crippen molar-refractivity contribution in [2.24, 2.45) is 5.92 Å². The SMILES string of the molecule is CS(=O)(=O)CCCOc1cccc2c1cnn2-c1ccnc(NC2CCC(C(=O)N3CC[C@@H](O)C3)CC2)n1. The van der Waals surface area contributed by atoms with E-state index < -0.39 is 9.84 Å². The number of nitrogens with zero attached hydrogens (tertiary/aromatic N) is 5. The number of benzene rings is 1. The lowest BCUT2D eigenvalue weighted by atomic mass is 9.85. The van der Waals surface area contributed by atoms with Gasteiger partial charge < -0.3 is 20.1 Å². The average molecular weight is 543 g/mol. The third-order valence-corrected chi connectivity index (χ3v) is 8.26. The molecule has 1 amide bonds. The van der Waals surface area contributed by atoms with Gasteiger partial charge in [0.2, 0.25) is 11.9 Å². The molecule has 38 heavy (non-hydrogen) atoms. The Morgan fingerprint density at radius 1 is 1.18 bits per heavy atom. The van der Waals surface area contributed by atoms with E-state index in [9.17, 15) is 18.3 Å². The molecule has 2 aliphatic rings. The minimum Gasteiger partial charge on any atom is -0.493 e. The van der Waals surface area contributed by atoms with Crippen LogP contribution in [0.4, 0.5) is 5.95 Å². The van der Waals surface area contributed by atoms with Crippen molar-refractivity contribution in [3.05, 3.63) is 36.7 Å². The lowest BCUT2D eigenvalue weighted by Crippen LogP contribution is -2.38. The van der Waals surface area contributed by atoms with Crippen LogP contribution < -0.4 is 10.1 Å². The number of hydrogen-bond acceptors (Lipinski definition) is 9. The number of fused-ring (bicyclic) bond motifs is 1. The molecular formula is C26H34N6O5S. The smallest absolute Gasteiger partial charge is 0.225 e. The van der Waals surface area contributed by atoms with Crippen LogP contribution in [0.1, 0.15) is 38.5 Å². The molecule has 2 aromatic heterocycles. The van der Waals surface area contributed by atoms with Crippen LogP contribution in [0, 0.1) is 5.92 Å². The molecule has 0 spiro atoms. The Morgan fingerprint density at radius 2 is 2.00 bits per heavy atom. The molecule has 0 radical (unpaired) electrons. The molecule has 12 heteroatoms. The molecule has 1 aliphatic carbocycles. The first-order valence-electron chi connectivity index (χ1n) is 13.1. The summed E-state index contributed by atoms with van der Waals surface area (Å²) < 4.78 is 30.3. The Bertz CT molecular complexity index is 1390. The van der Waals surface area contributed by atoms with E-state index in [1.807, 2.05) is 18.2 Å². The van der Waals surface area contributed by atoms with E-state index in [1.54, 1.807) is 28.0 Å². The highest BCUT2D eigenvalue weighted by Gasteiger charge is 2.33. The Balaban J connectivity index is 1.21. The van der Waals surface area contributed by atoms with Crippen LogP contribution in [-0.4, -0.2) is 87.9 Å². The van der Waals surface area contributed by atoms with Crippen LogP contribution in [0.25, 0.3) is 16.7 Å². The zero-order valence-corrected chi connectivity index (χ0v) is 22.3. The second-order valence-corrected chi connectivity index (χ2v) is 12.5. The molecule has 1 saturated carbocycles. The quantitative estimate of drug-likeness (QED) is 0.390. The van der Waals surface area contributed by atoms with Crippen molar-refractivity contribution in [3.8, 4) is 11.6 Å². The van der Waals surface area contributed by atoms with Crippen molar-refractivity contribution >= 4 is 32.6 Å². The summed E-state index contributed by atoms with van der Waals surface area (Å²) in [5.74, 6) is 2.04. The van der Waals surface area contributed by atoms with Crippen molar-refractivity contribution < 1.29 is 23.1 Å². The fourth-order valence-corrected chi connectivity index (χ4v) is 5.88. The molecule has 1 saturated heterocycles. The van der Waals surface area contributed by atoms with Gasteiger partial charge in [-0.05, 0) is 50.7 Å². The standard InChI is InChI=1S/C26H34N6O5S/c1-38(35,36)15-3-14-37-23-5-2-4-22-21(23)16-28-32(22)24-10-12-27-26(30-24)29-19-8-6-18(7-9-19)25(34)31-13-11-20(33)17-31/h2,4-5,10,12,16,18-20,33H,3,6-9,11,13-15,17H2,1H3,(H,27,29,30)/t18?,19?,20-/m1/s1. The summed E-state index contributed by atoms with van der Waals surface area (Å²) in [6.07, 6.45) is 8.64. The number of likely N-dealkylation sites (tertiary alicyclic amines) is 1. The minimum atomic E-state index is -3.02. The van der Waals surface area contributed by atoms with Gasteiger partial charge in [-0.1, -0.05) is 6.07 Å². The zero-order chi connectivity index (χ0) is 26.7. The molecule has 1 aromatic carbocycles. The predicted octanol–water partition coefficient (Wildman–Crippen LogP) is 2.19. The van der Waals surface area contributed by atoms with Crippen molar-refractivity contribution in [3.63, 3.8) is 0 Å². The molecule has 1 aliphatic heterocycles. The van der Waals surface area contributed by atoms with Crippen molar-refractivity contribution in [2.75, 3.05) is 37.0 Å². The molecule has 3 heterocycles. The highest BCUT2D eigenvalue weighted by molar-refractivity contribution is 7.90. The second-order valence-electron chi connectivity index (χ2n) is 10.2. The van der Waals surface area contributed by atoms with Crippen molar-refractivity contribution in [1.82, 2.24) is 24.6 Å². The number of anilines is 1. The second kappa shape index (κ2) is 11.2. The molecule has 1 atom stereocenters. The lowest BCUT2D eigenvalue weighted by Gasteiger charge is -2.30. The minimum absolute atomic E-state index is 0.0174. The Kier molecular flexibility index (Phi) is 7.80. The average Bonchev–Trinajstić information content (AvgIpc) is 3.53. The molecule has 5 rings (SSSR count). The number of carbonyl (C=O) groups is 1. The van der Waals surface area contributed by atoms with E-state index in [0.29, 0.717) is 50.1 Å². The summed E-state index contributed by atoms with van der Waals surface area (Å²) in [7, 11) is -3.02. The van der Waals surface area contributed by atoms with Gasteiger partial charge in [-0.2, -0.15) is 10.1 Å². The number of hydrogen-bond donors (Lipinski definition) is 2. The number of aliphatic hydroxyl groups is 1. The molecule has 2 fully saturated rings. The molecule has 0 unspecified atom stereocenters. The first kappa shape index (κ1) is 26.4. The highest BCUT2D eigenvalue weighted by atomic mass is 32.2. The van der Waals surface area contributed by atoms with Crippen LogP contribution in [0.2, 0.25) is 0 Å². The first-order valence-corrected chi connectivity index (χ1v) is 15.2. The van der Waals surface area contributed by atoms with E-state index in [2.05, 4.69) is 20.4 Å². The van der Waals surface area contributed by atoms with E-state index in [-0.39, 0.29) is 29.7 Å². The number of aromatic nitrogens is 4. The van der Waals surface area contributed by atoms with Crippen LogP contribution in [0.5, 0.6) is 5.75 Å². The largest absolute Gasteiger partial charge is 0.493 e. The number of rotatable bonds is 9. The lowest BCUT2D eigenvalue weighted by molar-refractivity contribution is -0.135. The number of β-amino-alcohol motifs (C(OH)–C–C–N with tert-alkyl or cyclic N) is 1. The number of aliphatic hydroxyl groups excluding tert-OH is 1. The van der Waals surface area contributed by atoms with Gasteiger partial charge in [0.15, 0.2) is 5.82 Å². The number of carbonyl (C=O) groups excluding carboxylic acids is 1. The van der Waals surface area contributed by atoms with Crippen molar-refractivity contribution in [2.45, 2.75) is 50.7 Å². The van der Waals surface area contributed by atoms with E-state index >= 15 is 0 Å². The normalized spacial score (nSPS) is 22.1. The summed E-state index contributed by atoms with van der Waals surface area (Å²) in [6.45, 7) is 1.40. The van der Waals surface area contributed by atoms with Gasteiger partial charge in [0, 0.05) is 43.6 Å². The molecule has 2 N–H and O–H groups in total. The number of sulfone groups is 1. The fourth-order valence-electron chi connectivity index (χ4n) is 5.24. The van der Waals surface area contributed by atoms with Gasteiger partial charge in [0.05, 0.1) is 35.6 Å². The Labute approximate surface area is 222 Å². The van der Waals surface area contributed by atoms with E-state index in [1.165, 1.54) is 6.26 Å². The summed E-state index contributed by atoms with van der Waals surface area (Å²) >= 11 is 0. The maximum atomic E-state index is 12.8. The number of ether oxygens (including phenoxy) is 1. The molecule has 3 aromatic rings. The van der Waals surface area contributed by atoms with Gasteiger partial charge in [0.25, 0.3) is 0 Å². The predicted molar refractivity (Wildman–Crippen MR) is 143 cm³/mol. The first-order chi connectivity index (χ1) is 18.3. The Morgan fingerprint density at radius 3 is 2.74 bits per heavy atom. The van der Waals surface area contributed by atoms with Crippen molar-refractivity contribution in [1.29, 1.82) is 0 Å². The summed E-state index contributed by atoms with van der Waals surface area (Å²) in [5.41, 5.74) is 0.821. The molecule has 0 bridgehead atoms. The summed E-state index contributed by atoms with van der Waals surface area (Å²) in [5, 5.41) is 18.5. The third kappa shape index (κ3) is 6.24. The molecule has 11 nitrogen and oxygen atoms in total. The number of nitrogens with one attached hydrogen (secondary N) is 1. The fraction of sp³-hybridized carbons (Fsp3) is 0.538. The third-order valence-electron chi connectivity index (χ3n) is 7.23. The Hall–Kier alpha value is -3.25. The summed E-state index contributed by atoms with van der Waals surface area (Å²) in [6, 6.07) is 7.61. The van der Waals surface area contributed by atoms with Gasteiger partial charge >= 0.3 is 0 Å². The number of amides is 1. The van der Waals surface area contributed by atoms with Crippen LogP contribution >= 0.6 is 0 Å². The van der Waals surface area contributed by atoms with Gasteiger partial charge in [-0.3, -0.25) is 4.79 Å². The topological polar surface area (TPSA) is 140 Å². The van der Waals surface area contributed by atoms with Crippen LogP contribution in [-0.2, 0) is 14.6 Å². The molecular weight excluding hydrogens is 508 g/mol. The maximum absolute atomic E-state index is 12.8. The van der Waals surface area contributed by atoms with Gasteiger partial charge in [-0.25, -0.2) is 18.1 Å². The monoisotopic (exact) mass is 542 g/mol. The summed E-state index contributed by atoms with van der Waals surface area (Å²) in [4.78, 5) is 23.6. The maximum Gasteiger partial charge on any atom is 0.225 e. The van der Waals surface area contributed by atoms with E-state index in [4.69, 9.17) is 4.74 Å². The van der Waals surface area contributed by atoms with Gasteiger partial charge in [-0.15, -0.1) is 0 Å². The molecule has 204 valence electrons. The van der Waals surface area contributed by atoms with E-state index in [0.717, 1.165) is 36.6 Å². The zero-order valence-electron chi connectivity index (χ0n) is 21.5. The van der Waals surface area contributed by atoms with Crippen LogP contribution in [0.3, 0.4) is 0 Å². The highest BCUT2D eigenvalue weighted by Crippen LogP contribution is 2.30. The van der Waals surface area contributed by atoms with Gasteiger partial charge in [0.1, 0.15) is 15.6 Å².